The molecular weight excluding hydrogens is 863 g/mol. The average Bonchev–Trinajstić information content (AvgIpc) is 4.20. The van der Waals surface area contributed by atoms with Gasteiger partial charge in [0, 0.05) is 36.9 Å². The number of fused-ring (bicyclic) bond motifs is 5. The van der Waals surface area contributed by atoms with E-state index in [4.69, 9.17) is 19.2 Å². The number of likely N-dealkylation sites (N-methyl/N-ethyl adjacent to an activating group) is 1. The molecular formula is C49H71N7O9S. The lowest BCUT2D eigenvalue weighted by molar-refractivity contribution is -0.142. The second kappa shape index (κ2) is 18.5. The summed E-state index contributed by atoms with van der Waals surface area (Å²) >= 11 is 0. The van der Waals surface area contributed by atoms with Gasteiger partial charge in [-0.3, -0.25) is 19.1 Å². The number of alkyl carbamates (subject to hydrolysis) is 1. The number of rotatable bonds is 12. The zero-order chi connectivity index (χ0) is 47.3. The Bertz CT molecular complexity index is 2330. The van der Waals surface area contributed by atoms with Crippen LogP contribution in [0.5, 0.6) is 11.6 Å². The van der Waals surface area contributed by atoms with Crippen LogP contribution in [0.1, 0.15) is 109 Å². The Morgan fingerprint density at radius 2 is 1.86 bits per heavy atom. The molecule has 8 rings (SSSR count). The molecule has 2 bridgehead atoms. The predicted molar refractivity (Wildman–Crippen MR) is 250 cm³/mol. The van der Waals surface area contributed by atoms with Gasteiger partial charge in [-0.1, -0.05) is 45.8 Å². The van der Waals surface area contributed by atoms with Crippen molar-refractivity contribution in [2.24, 2.45) is 17.3 Å². The number of pyridine rings is 1. The lowest BCUT2D eigenvalue weighted by Crippen LogP contribution is -2.60. The van der Waals surface area contributed by atoms with Gasteiger partial charge in [-0.2, -0.15) is 0 Å². The van der Waals surface area contributed by atoms with Gasteiger partial charge in [0.1, 0.15) is 35.6 Å². The number of nitrogens with one attached hydrogen (secondary N) is 3. The summed E-state index contributed by atoms with van der Waals surface area (Å²) in [6.45, 7) is 16.4. The van der Waals surface area contributed by atoms with Gasteiger partial charge < -0.3 is 39.5 Å². The zero-order valence-electron chi connectivity index (χ0n) is 40.0. The fourth-order valence-electron chi connectivity index (χ4n) is 10.1. The molecule has 16 nitrogen and oxygen atoms in total. The molecule has 0 radical (unpaired) electrons. The van der Waals surface area contributed by atoms with E-state index in [1.165, 1.54) is 11.0 Å². The Kier molecular flexibility index (Phi) is 13.5. The third-order valence-electron chi connectivity index (χ3n) is 15.0. The van der Waals surface area contributed by atoms with Crippen molar-refractivity contribution < 1.29 is 41.8 Å². The number of sulfonamides is 1. The summed E-state index contributed by atoms with van der Waals surface area (Å²) < 4.78 is 47.2. The molecule has 1 aromatic carbocycles. The van der Waals surface area contributed by atoms with Crippen LogP contribution in [0.4, 0.5) is 4.79 Å². The molecule has 5 fully saturated rings. The monoisotopic (exact) mass is 934 g/mol. The highest BCUT2D eigenvalue weighted by Gasteiger charge is 2.63. The van der Waals surface area contributed by atoms with Gasteiger partial charge in [-0.25, -0.2) is 18.2 Å². The molecule has 2 saturated heterocycles. The largest absolute Gasteiger partial charge is 0.492 e. The van der Waals surface area contributed by atoms with Crippen LogP contribution in [0.3, 0.4) is 0 Å². The quantitative estimate of drug-likeness (QED) is 0.191. The highest BCUT2D eigenvalue weighted by atomic mass is 32.2. The van der Waals surface area contributed by atoms with Gasteiger partial charge in [0.15, 0.2) is 0 Å². The smallest absolute Gasteiger partial charge is 0.408 e. The lowest BCUT2D eigenvalue weighted by Gasteiger charge is -2.35. The topological polar surface area (TPSA) is 189 Å². The summed E-state index contributed by atoms with van der Waals surface area (Å²) in [5.74, 6) is -1.18. The van der Waals surface area contributed by atoms with E-state index in [1.54, 1.807) is 6.92 Å². The fraction of sp³-hybridized carbons (Fsp3) is 0.694. The molecule has 8 atom stereocenters. The van der Waals surface area contributed by atoms with E-state index in [-0.39, 0.29) is 31.4 Å². The minimum absolute atomic E-state index is 0.0302. The molecule has 6 aliphatic rings. The number of carbonyl (C=O) groups excluding carboxylic acids is 4. The molecule has 0 unspecified atom stereocenters. The van der Waals surface area contributed by atoms with Crippen LogP contribution in [0, 0.1) is 24.2 Å². The summed E-state index contributed by atoms with van der Waals surface area (Å²) in [7, 11) is 0.253. The number of ether oxygens (including phenoxy) is 3. The van der Waals surface area contributed by atoms with Crippen molar-refractivity contribution >= 4 is 44.7 Å². The highest BCUT2D eigenvalue weighted by Crippen LogP contribution is 2.47. The molecule has 4 amide bonds. The first-order chi connectivity index (χ1) is 31.2. The number of aromatic nitrogens is 1. The summed E-state index contributed by atoms with van der Waals surface area (Å²) in [4.78, 5) is 68.3. The maximum Gasteiger partial charge on any atom is 0.408 e. The first-order valence-electron chi connectivity index (χ1n) is 24.1. The molecule has 3 aliphatic heterocycles. The maximum atomic E-state index is 14.9. The van der Waals surface area contributed by atoms with E-state index < -0.39 is 73.6 Å². The van der Waals surface area contributed by atoms with Gasteiger partial charge in [0.2, 0.25) is 27.7 Å². The molecule has 3 N–H and O–H groups in total. The van der Waals surface area contributed by atoms with Crippen LogP contribution in [0.25, 0.3) is 10.9 Å². The van der Waals surface area contributed by atoms with E-state index in [0.29, 0.717) is 43.3 Å². The van der Waals surface area contributed by atoms with Gasteiger partial charge in [0.25, 0.3) is 5.91 Å². The third kappa shape index (κ3) is 10.2. The molecule has 2 aromatic rings. The first-order valence-corrected chi connectivity index (χ1v) is 25.6. The second-order valence-corrected chi connectivity index (χ2v) is 23.7. The van der Waals surface area contributed by atoms with Gasteiger partial charge in [0.05, 0.1) is 29.0 Å². The van der Waals surface area contributed by atoms with Crippen molar-refractivity contribution in [2.75, 3.05) is 46.9 Å². The SMILES string of the molecule is C=C[C@@H]1C[C@]1(NC(=O)[C@@H]1C[C@@H]2CN1C(=O)[C@H](C(C)(C)C)NC(=O)O[C@@H]1C[C@H]1CCCCCc1c(nc3cc(C)ccc3c1OCCCN1CC[C@H](N(C)C)C1)O2)C(=O)NS(=O)(=O)C1(C)CC1. The van der Waals surface area contributed by atoms with Crippen molar-refractivity contribution in [3.05, 3.63) is 42.0 Å². The Morgan fingerprint density at radius 1 is 1.09 bits per heavy atom. The molecule has 4 heterocycles. The Hall–Kier alpha value is -4.48. The number of aryl methyl sites for hydroxylation is 1. The Balaban J connectivity index is 1.11. The minimum atomic E-state index is -4.02. The Morgan fingerprint density at radius 3 is 2.55 bits per heavy atom. The van der Waals surface area contributed by atoms with E-state index in [9.17, 15) is 27.6 Å². The number of amides is 4. The van der Waals surface area contributed by atoms with E-state index in [1.807, 2.05) is 33.8 Å². The average molecular weight is 934 g/mol. The fourth-order valence-corrected chi connectivity index (χ4v) is 11.4. The van der Waals surface area contributed by atoms with E-state index in [2.05, 4.69) is 58.0 Å². The molecule has 0 spiro atoms. The normalized spacial score (nSPS) is 30.2. The highest BCUT2D eigenvalue weighted by molar-refractivity contribution is 7.91. The van der Waals surface area contributed by atoms with E-state index >= 15 is 0 Å². The zero-order valence-corrected chi connectivity index (χ0v) is 40.8. The van der Waals surface area contributed by atoms with Crippen LogP contribution < -0.4 is 24.8 Å². The van der Waals surface area contributed by atoms with Gasteiger partial charge in [-0.05, 0) is 121 Å². The molecule has 3 saturated carbocycles. The van der Waals surface area contributed by atoms with Crippen LogP contribution in [0.2, 0.25) is 0 Å². The van der Waals surface area contributed by atoms with Crippen molar-refractivity contribution in [1.29, 1.82) is 0 Å². The first kappa shape index (κ1) is 48.0. The number of benzene rings is 1. The molecule has 17 heteroatoms. The number of nitrogens with zero attached hydrogens (tertiary/aromatic N) is 4. The number of likely N-dealkylation sites (tertiary alicyclic amines) is 1. The molecule has 362 valence electrons. The summed E-state index contributed by atoms with van der Waals surface area (Å²) in [5.41, 5.74) is 0.184. The van der Waals surface area contributed by atoms with Crippen molar-refractivity contribution in [3.63, 3.8) is 0 Å². The third-order valence-corrected chi connectivity index (χ3v) is 17.2. The molecule has 66 heavy (non-hydrogen) atoms. The lowest BCUT2D eigenvalue weighted by atomic mass is 9.85. The molecule has 3 aliphatic carbocycles. The van der Waals surface area contributed by atoms with Crippen molar-refractivity contribution in [1.82, 2.24) is 35.0 Å². The van der Waals surface area contributed by atoms with Crippen molar-refractivity contribution in [3.8, 4) is 11.6 Å². The second-order valence-electron chi connectivity index (χ2n) is 21.5. The van der Waals surface area contributed by atoms with Crippen LogP contribution in [0.15, 0.2) is 30.9 Å². The molecule has 1 aromatic heterocycles. The van der Waals surface area contributed by atoms with Gasteiger partial charge >= 0.3 is 6.09 Å². The number of hydrogen-bond acceptors (Lipinski definition) is 12. The Labute approximate surface area is 390 Å². The van der Waals surface area contributed by atoms with E-state index in [0.717, 1.165) is 86.8 Å². The van der Waals surface area contributed by atoms with Crippen LogP contribution in [-0.2, 0) is 35.6 Å². The summed E-state index contributed by atoms with van der Waals surface area (Å²) in [5, 5.41) is 6.62. The maximum absolute atomic E-state index is 14.9. The van der Waals surface area contributed by atoms with Crippen LogP contribution in [-0.4, -0.2) is 139 Å². The van der Waals surface area contributed by atoms with Crippen LogP contribution >= 0.6 is 0 Å². The van der Waals surface area contributed by atoms with Gasteiger partial charge in [-0.15, -0.1) is 6.58 Å². The number of carbonyl (C=O) groups is 4. The summed E-state index contributed by atoms with van der Waals surface area (Å²) in [6, 6.07) is 4.42. The summed E-state index contributed by atoms with van der Waals surface area (Å²) in [6.07, 6.45) is 7.90. The minimum Gasteiger partial charge on any atom is -0.492 e. The number of hydrogen-bond donors (Lipinski definition) is 3. The standard InChI is InChI=1S/C49H71N7O9S/c1-9-32-27-49(32,45(59)53-66(61,62)48(6)19-20-48)52-42(57)38-26-34-29-56(38)44(58)41(47(3,4)5)51-46(60)65-39-25-31(39)14-11-10-12-15-36-40(35-17-16-30(2)24-37(35)50-43(36)64-34)63-23-13-21-55-22-18-33(28-55)54(7)8/h9,16-17,24,31-34,38-39,41H,1,10-15,18-23,25-29H2,2-8H3,(H,51,60)(H,52,57)(H,53,59)/t31-,32-,33+,34-,38+,39-,41-,49-/m1/s1. The predicted octanol–water partition coefficient (Wildman–Crippen LogP) is 5.00. The van der Waals surface area contributed by atoms with Crippen molar-refractivity contribution in [2.45, 2.75) is 152 Å².